The minimum Gasteiger partial charge on any atom is -0.391 e. The van der Waals surface area contributed by atoms with Crippen molar-refractivity contribution in [2.45, 2.75) is 26.0 Å². The Kier molecular flexibility index (Phi) is 3.64. The van der Waals surface area contributed by atoms with E-state index in [2.05, 4.69) is 15.9 Å². The highest BCUT2D eigenvalue weighted by Gasteiger charge is 2.18. The maximum absolute atomic E-state index is 13.6. The molecule has 0 spiro atoms. The zero-order valence-corrected chi connectivity index (χ0v) is 9.68. The molecule has 0 radical (unpaired) electrons. The maximum Gasteiger partial charge on any atom is 0.131 e. The van der Waals surface area contributed by atoms with E-state index >= 15 is 0 Å². The fourth-order valence-corrected chi connectivity index (χ4v) is 1.84. The fraction of sp³-hybridized carbons (Fsp3) is 0.400. The second kappa shape index (κ2) is 4.38. The van der Waals surface area contributed by atoms with Gasteiger partial charge in [0.05, 0.1) is 12.1 Å². The van der Waals surface area contributed by atoms with E-state index < -0.39 is 12.1 Å². The topological polar surface area (TPSA) is 46.2 Å². The van der Waals surface area contributed by atoms with Crippen molar-refractivity contribution < 1.29 is 9.50 Å². The summed E-state index contributed by atoms with van der Waals surface area (Å²) in [5, 5.41) is 9.27. The smallest absolute Gasteiger partial charge is 0.131 e. The molecular weight excluding hydrogens is 249 g/mol. The summed E-state index contributed by atoms with van der Waals surface area (Å²) >= 11 is 3.26. The van der Waals surface area contributed by atoms with Crippen LogP contribution in [0.4, 0.5) is 4.39 Å². The summed E-state index contributed by atoms with van der Waals surface area (Å²) in [5.74, 6) is -0.346. The predicted octanol–water partition coefficient (Wildman–Crippen LogP) is 2.28. The molecule has 1 aromatic carbocycles. The van der Waals surface area contributed by atoms with Gasteiger partial charge in [-0.15, -0.1) is 0 Å². The number of aryl methyl sites for hydroxylation is 1. The highest BCUT2D eigenvalue weighted by atomic mass is 79.9. The molecule has 0 aliphatic rings. The molecule has 0 saturated heterocycles. The molecule has 0 heterocycles. The van der Waals surface area contributed by atoms with Crippen LogP contribution in [-0.4, -0.2) is 11.2 Å². The molecule has 1 rings (SSSR count). The highest BCUT2D eigenvalue weighted by molar-refractivity contribution is 9.10. The first kappa shape index (κ1) is 11.6. The van der Waals surface area contributed by atoms with Crippen molar-refractivity contribution >= 4 is 15.9 Å². The van der Waals surface area contributed by atoms with E-state index in [1.54, 1.807) is 26.0 Å². The van der Waals surface area contributed by atoms with Gasteiger partial charge in [0.1, 0.15) is 5.82 Å². The Labute approximate surface area is 91.1 Å². The van der Waals surface area contributed by atoms with Gasteiger partial charge in [-0.3, -0.25) is 0 Å². The second-order valence-electron chi connectivity index (χ2n) is 3.39. The Morgan fingerprint density at radius 2 is 2.07 bits per heavy atom. The summed E-state index contributed by atoms with van der Waals surface area (Å²) in [7, 11) is 0. The maximum atomic E-state index is 13.6. The molecular formula is C10H13BrFNO. The van der Waals surface area contributed by atoms with Crippen molar-refractivity contribution in [3.8, 4) is 0 Å². The van der Waals surface area contributed by atoms with E-state index in [0.29, 0.717) is 11.1 Å². The summed E-state index contributed by atoms with van der Waals surface area (Å²) in [6.07, 6.45) is -0.766. The van der Waals surface area contributed by atoms with Gasteiger partial charge in [-0.2, -0.15) is 0 Å². The lowest BCUT2D eigenvalue weighted by Crippen LogP contribution is -2.24. The third-order valence-corrected chi connectivity index (χ3v) is 2.58. The number of nitrogens with two attached hydrogens (primary N) is 1. The summed E-state index contributed by atoms with van der Waals surface area (Å²) in [6.45, 7) is 3.21. The van der Waals surface area contributed by atoms with Crippen LogP contribution in [0.1, 0.15) is 24.1 Å². The Balaban J connectivity index is 3.20. The summed E-state index contributed by atoms with van der Waals surface area (Å²) in [6, 6.07) is 2.58. The number of halogens is 2. The van der Waals surface area contributed by atoms with Crippen LogP contribution in [0.2, 0.25) is 0 Å². The minimum atomic E-state index is -0.766. The molecule has 0 aliphatic carbocycles. The molecule has 4 heteroatoms. The van der Waals surface area contributed by atoms with Crippen LogP contribution >= 0.6 is 15.9 Å². The molecule has 0 aliphatic heterocycles. The molecule has 2 nitrogen and oxygen atoms in total. The van der Waals surface area contributed by atoms with Crippen LogP contribution < -0.4 is 5.73 Å². The largest absolute Gasteiger partial charge is 0.391 e. The Morgan fingerprint density at radius 3 is 2.57 bits per heavy atom. The van der Waals surface area contributed by atoms with E-state index in [4.69, 9.17) is 5.73 Å². The van der Waals surface area contributed by atoms with Crippen molar-refractivity contribution in [2.24, 2.45) is 5.73 Å². The minimum absolute atomic E-state index is 0.340. The number of rotatable bonds is 2. The van der Waals surface area contributed by atoms with Gasteiger partial charge in [0.15, 0.2) is 0 Å². The van der Waals surface area contributed by atoms with E-state index in [1.807, 2.05) is 0 Å². The lowest BCUT2D eigenvalue weighted by molar-refractivity contribution is 0.162. The van der Waals surface area contributed by atoms with E-state index in [-0.39, 0.29) is 5.82 Å². The molecule has 0 bridgehead atoms. The van der Waals surface area contributed by atoms with Gasteiger partial charge >= 0.3 is 0 Å². The summed E-state index contributed by atoms with van der Waals surface area (Å²) in [5.41, 5.74) is 6.52. The number of aliphatic hydroxyl groups is 1. The van der Waals surface area contributed by atoms with Gasteiger partial charge < -0.3 is 10.8 Å². The summed E-state index contributed by atoms with van der Waals surface area (Å²) < 4.78 is 14.3. The molecule has 3 N–H and O–H groups in total. The molecule has 0 fully saturated rings. The number of hydrogen-bond acceptors (Lipinski definition) is 2. The molecule has 2 unspecified atom stereocenters. The van der Waals surface area contributed by atoms with Crippen LogP contribution in [0, 0.1) is 12.7 Å². The van der Waals surface area contributed by atoms with Gasteiger partial charge in [-0.05, 0) is 31.5 Å². The SMILES string of the molecule is Cc1cc(Br)cc(C(N)C(C)O)c1F. The quantitative estimate of drug-likeness (QED) is 0.858. The molecule has 2 atom stereocenters. The normalized spacial score (nSPS) is 15.3. The van der Waals surface area contributed by atoms with Crippen molar-refractivity contribution in [1.82, 2.24) is 0 Å². The van der Waals surface area contributed by atoms with Crippen LogP contribution in [0.25, 0.3) is 0 Å². The molecule has 0 aromatic heterocycles. The Hall–Kier alpha value is -0.450. The molecule has 78 valence electrons. The highest BCUT2D eigenvalue weighted by Crippen LogP contribution is 2.25. The standard InChI is InChI=1S/C10H13BrFNO/c1-5-3-7(11)4-8(9(5)12)10(13)6(2)14/h3-4,6,10,14H,13H2,1-2H3. The van der Waals surface area contributed by atoms with Gasteiger partial charge in [0.25, 0.3) is 0 Å². The van der Waals surface area contributed by atoms with Crippen molar-refractivity contribution in [3.63, 3.8) is 0 Å². The Morgan fingerprint density at radius 1 is 1.50 bits per heavy atom. The predicted molar refractivity (Wildman–Crippen MR) is 57.4 cm³/mol. The first-order valence-corrected chi connectivity index (χ1v) is 5.12. The first-order valence-electron chi connectivity index (χ1n) is 4.32. The lowest BCUT2D eigenvalue weighted by atomic mass is 10.0. The van der Waals surface area contributed by atoms with Crippen LogP contribution in [0.3, 0.4) is 0 Å². The Bertz CT molecular complexity index is 341. The third-order valence-electron chi connectivity index (χ3n) is 2.13. The van der Waals surface area contributed by atoms with Crippen molar-refractivity contribution in [1.29, 1.82) is 0 Å². The fourth-order valence-electron chi connectivity index (χ4n) is 1.25. The van der Waals surface area contributed by atoms with Gasteiger partial charge in [0.2, 0.25) is 0 Å². The monoisotopic (exact) mass is 261 g/mol. The lowest BCUT2D eigenvalue weighted by Gasteiger charge is -2.17. The molecule has 0 saturated carbocycles. The zero-order chi connectivity index (χ0) is 10.9. The average Bonchev–Trinajstić information content (AvgIpc) is 2.09. The van der Waals surface area contributed by atoms with E-state index in [0.717, 1.165) is 4.47 Å². The number of aliphatic hydroxyl groups excluding tert-OH is 1. The van der Waals surface area contributed by atoms with Crippen molar-refractivity contribution in [3.05, 3.63) is 33.5 Å². The van der Waals surface area contributed by atoms with Crippen LogP contribution in [-0.2, 0) is 0 Å². The molecule has 14 heavy (non-hydrogen) atoms. The number of benzene rings is 1. The van der Waals surface area contributed by atoms with Crippen molar-refractivity contribution in [2.75, 3.05) is 0 Å². The van der Waals surface area contributed by atoms with Crippen LogP contribution in [0.15, 0.2) is 16.6 Å². The van der Waals surface area contributed by atoms with Gasteiger partial charge in [-0.1, -0.05) is 15.9 Å². The second-order valence-corrected chi connectivity index (χ2v) is 4.31. The summed E-state index contributed by atoms with van der Waals surface area (Å²) in [4.78, 5) is 0. The average molecular weight is 262 g/mol. The van der Waals surface area contributed by atoms with E-state index in [1.165, 1.54) is 0 Å². The van der Waals surface area contributed by atoms with Gasteiger partial charge in [0, 0.05) is 10.0 Å². The van der Waals surface area contributed by atoms with E-state index in [9.17, 15) is 9.50 Å². The van der Waals surface area contributed by atoms with Gasteiger partial charge in [-0.25, -0.2) is 4.39 Å². The molecule has 1 aromatic rings. The zero-order valence-electron chi connectivity index (χ0n) is 8.09. The molecule has 0 amide bonds. The third kappa shape index (κ3) is 2.32. The first-order chi connectivity index (χ1) is 6.43. The van der Waals surface area contributed by atoms with Crippen LogP contribution in [0.5, 0.6) is 0 Å². The number of hydrogen-bond donors (Lipinski definition) is 2.